The molecule has 1 unspecified atom stereocenters. The van der Waals surface area contributed by atoms with E-state index in [0.717, 1.165) is 37.2 Å². The van der Waals surface area contributed by atoms with Crippen LogP contribution in [0.1, 0.15) is 85.0 Å². The molecule has 0 saturated heterocycles. The lowest BCUT2D eigenvalue weighted by molar-refractivity contribution is -0.145. The Hall–Kier alpha value is -2.87. The van der Waals surface area contributed by atoms with E-state index in [0.29, 0.717) is 64.4 Å². The van der Waals surface area contributed by atoms with Crippen LogP contribution in [0.15, 0.2) is 21.4 Å². The number of amides is 2. The fourth-order valence-corrected chi connectivity index (χ4v) is 3.67. The van der Waals surface area contributed by atoms with Crippen LogP contribution < -0.4 is 16.7 Å². The molecule has 1 rings (SSSR count). The van der Waals surface area contributed by atoms with Crippen LogP contribution in [0.4, 0.5) is 0 Å². The van der Waals surface area contributed by atoms with Gasteiger partial charge in [0.1, 0.15) is 13.2 Å². The van der Waals surface area contributed by atoms with Gasteiger partial charge in [0.15, 0.2) is 5.60 Å². The molecule has 1 fully saturated rings. The lowest BCUT2D eigenvalue weighted by atomic mass is 9.90. The summed E-state index contributed by atoms with van der Waals surface area (Å²) in [6, 6.07) is 0. The molecule has 5 N–H and O–H groups in total. The summed E-state index contributed by atoms with van der Waals surface area (Å²) in [4.78, 5) is 39.5. The van der Waals surface area contributed by atoms with E-state index in [9.17, 15) is 19.5 Å². The minimum Gasteiger partial charge on any atom is -0.496 e. The number of hydrazone groups is 1. The Bertz CT molecular complexity index is 915. The Morgan fingerprint density at radius 1 is 0.927 bits per heavy atom. The molecule has 0 heterocycles. The van der Waals surface area contributed by atoms with Gasteiger partial charge in [-0.2, -0.15) is 5.10 Å². The molecule has 0 aromatic carbocycles. The number of nitrogens with zero attached hydrogens (tertiary/aromatic N) is 2. The van der Waals surface area contributed by atoms with Crippen molar-refractivity contribution in [1.29, 1.82) is 0 Å². The zero-order chi connectivity index (χ0) is 30.5. The van der Waals surface area contributed by atoms with Crippen LogP contribution in [0.25, 0.3) is 0 Å². The summed E-state index contributed by atoms with van der Waals surface area (Å²) in [6.45, 7) is 7.79. The van der Waals surface area contributed by atoms with Gasteiger partial charge in [0.25, 0.3) is 5.91 Å². The number of hydrogen-bond donors (Lipinski definition) is 4. The summed E-state index contributed by atoms with van der Waals surface area (Å²) in [5.41, 5.74) is 5.29. The first-order chi connectivity index (χ1) is 19.6. The number of aliphatic hydroxyl groups is 1. The number of nitrogens with one attached hydrogen (secondary N) is 2. The van der Waals surface area contributed by atoms with Crippen molar-refractivity contribution in [3.05, 3.63) is 11.3 Å². The van der Waals surface area contributed by atoms with Gasteiger partial charge < -0.3 is 24.1 Å². The van der Waals surface area contributed by atoms with E-state index >= 15 is 0 Å². The van der Waals surface area contributed by atoms with Crippen molar-refractivity contribution in [3.63, 3.8) is 0 Å². The summed E-state index contributed by atoms with van der Waals surface area (Å²) in [7, 11) is 1.70. The molecule has 234 valence electrons. The zero-order valence-electron chi connectivity index (χ0n) is 25.1. The predicted octanol–water partition coefficient (Wildman–Crippen LogP) is 2.07. The highest BCUT2D eigenvalue weighted by atomic mass is 16.6. The third kappa shape index (κ3) is 15.6. The van der Waals surface area contributed by atoms with E-state index in [-0.39, 0.29) is 19.0 Å². The van der Waals surface area contributed by atoms with Gasteiger partial charge in [0.2, 0.25) is 5.91 Å². The van der Waals surface area contributed by atoms with Crippen molar-refractivity contribution in [1.82, 2.24) is 10.9 Å². The van der Waals surface area contributed by atoms with Gasteiger partial charge in [-0.25, -0.2) is 11.3 Å². The van der Waals surface area contributed by atoms with Crippen LogP contribution in [0, 0.1) is 0 Å². The maximum Gasteiger partial charge on any atom is 0.306 e. The minimum atomic E-state index is -1.88. The standard InChI is InChI=1S/C28H49N5O8/c1-5-28(37,27(36)31-29)20-25(34)33-32-22(3)10-12-24(23-8-6-9-23)40-18-16-38-14-7-15-39-17-19-41-26(35)13-11-21(2)30-4/h37H,5-20,29H2,1-4H3,(H,31,36)(H,33,34)/b30-21?,32-22+. The van der Waals surface area contributed by atoms with E-state index < -0.39 is 23.8 Å². The van der Waals surface area contributed by atoms with Crippen molar-refractivity contribution >= 4 is 29.2 Å². The average molecular weight is 584 g/mol. The molecule has 0 aromatic heterocycles. The van der Waals surface area contributed by atoms with Gasteiger partial charge in [0.05, 0.1) is 31.8 Å². The first kappa shape index (κ1) is 36.2. The molecule has 1 saturated carbocycles. The fourth-order valence-electron chi connectivity index (χ4n) is 3.67. The van der Waals surface area contributed by atoms with Crippen molar-refractivity contribution in [2.75, 3.05) is 46.7 Å². The van der Waals surface area contributed by atoms with Gasteiger partial charge in [-0.1, -0.05) is 6.92 Å². The second kappa shape index (κ2) is 20.9. The molecule has 0 radical (unpaired) electrons. The van der Waals surface area contributed by atoms with Crippen LogP contribution in [-0.4, -0.2) is 86.6 Å². The number of hydrazine groups is 1. The van der Waals surface area contributed by atoms with Gasteiger partial charge in [-0.15, -0.1) is 0 Å². The third-order valence-electron chi connectivity index (χ3n) is 6.67. The number of carbonyl (C=O) groups is 3. The lowest BCUT2D eigenvalue weighted by Gasteiger charge is -2.23. The van der Waals surface area contributed by atoms with E-state index in [1.54, 1.807) is 20.9 Å². The number of allylic oxidation sites excluding steroid dienone is 2. The number of nitrogens with two attached hydrogens (primary N) is 1. The first-order valence-electron chi connectivity index (χ1n) is 14.3. The molecule has 13 nitrogen and oxygen atoms in total. The number of esters is 1. The first-order valence-corrected chi connectivity index (χ1v) is 14.3. The molecule has 1 aliphatic rings. The number of rotatable bonds is 22. The van der Waals surface area contributed by atoms with Crippen LogP contribution in [0.2, 0.25) is 0 Å². The summed E-state index contributed by atoms with van der Waals surface area (Å²) >= 11 is 0. The monoisotopic (exact) mass is 583 g/mol. The highest BCUT2D eigenvalue weighted by Crippen LogP contribution is 2.31. The number of ether oxygens (including phenoxy) is 4. The van der Waals surface area contributed by atoms with Crippen LogP contribution >= 0.6 is 0 Å². The normalized spacial score (nSPS) is 15.0. The van der Waals surface area contributed by atoms with Crippen molar-refractivity contribution < 1.29 is 38.4 Å². The molecular formula is C28H49N5O8. The molecule has 0 spiro atoms. The number of hydrogen-bond acceptors (Lipinski definition) is 11. The molecule has 13 heteroatoms. The maximum atomic E-state index is 12.2. The minimum absolute atomic E-state index is 0.0343. The Morgan fingerprint density at radius 2 is 1.56 bits per heavy atom. The Balaban J connectivity index is 2.20. The van der Waals surface area contributed by atoms with Crippen molar-refractivity contribution in [3.8, 4) is 0 Å². The highest BCUT2D eigenvalue weighted by molar-refractivity contribution is 5.91. The van der Waals surface area contributed by atoms with Crippen LogP contribution in [-0.2, 0) is 33.3 Å². The topological polar surface area (TPSA) is 183 Å². The SMILES string of the molecule is CCC(O)(CC(=O)N/N=C(\C)CCC(OCCOCCCOCCOC(=O)CCC(C)=NC)=C1CCC1)C(=O)NN. The third-order valence-corrected chi connectivity index (χ3v) is 6.67. The predicted molar refractivity (Wildman–Crippen MR) is 155 cm³/mol. The molecule has 0 aromatic rings. The van der Waals surface area contributed by atoms with Crippen LogP contribution in [0.3, 0.4) is 0 Å². The smallest absolute Gasteiger partial charge is 0.306 e. The van der Waals surface area contributed by atoms with Gasteiger partial charge in [-0.3, -0.25) is 24.8 Å². The van der Waals surface area contributed by atoms with Gasteiger partial charge >= 0.3 is 5.97 Å². The maximum absolute atomic E-state index is 12.2. The summed E-state index contributed by atoms with van der Waals surface area (Å²) in [6.07, 6.45) is 5.65. The van der Waals surface area contributed by atoms with Gasteiger partial charge in [0, 0.05) is 38.1 Å². The summed E-state index contributed by atoms with van der Waals surface area (Å²) in [5, 5.41) is 14.4. The van der Waals surface area contributed by atoms with E-state index in [1.807, 2.05) is 12.3 Å². The molecule has 1 atom stereocenters. The molecule has 1 aliphatic carbocycles. The Kier molecular flexibility index (Phi) is 18.5. The fraction of sp³-hybridized carbons (Fsp3) is 0.750. The molecule has 0 aliphatic heterocycles. The second-order valence-corrected chi connectivity index (χ2v) is 9.90. The summed E-state index contributed by atoms with van der Waals surface area (Å²) < 4.78 is 22.2. The molecule has 2 amide bonds. The molecule has 0 bridgehead atoms. The highest BCUT2D eigenvalue weighted by Gasteiger charge is 2.36. The molecular weight excluding hydrogens is 534 g/mol. The van der Waals surface area contributed by atoms with E-state index in [4.69, 9.17) is 24.8 Å². The van der Waals surface area contributed by atoms with Crippen molar-refractivity contribution in [2.45, 2.75) is 90.6 Å². The van der Waals surface area contributed by atoms with E-state index in [2.05, 4.69) is 15.5 Å². The second-order valence-electron chi connectivity index (χ2n) is 9.90. The molecule has 41 heavy (non-hydrogen) atoms. The number of carbonyl (C=O) groups excluding carboxylic acids is 3. The van der Waals surface area contributed by atoms with Crippen molar-refractivity contribution in [2.24, 2.45) is 15.9 Å². The quantitative estimate of drug-likeness (QED) is 0.0282. The number of aliphatic imine (C=N–C) groups is 1. The van der Waals surface area contributed by atoms with E-state index in [1.165, 1.54) is 5.57 Å². The van der Waals surface area contributed by atoms with Crippen LogP contribution in [0.5, 0.6) is 0 Å². The summed E-state index contributed by atoms with van der Waals surface area (Å²) in [5.74, 6) is 4.38. The largest absolute Gasteiger partial charge is 0.496 e. The van der Waals surface area contributed by atoms with Gasteiger partial charge in [-0.05, 0) is 64.4 Å². The Labute approximate surface area is 243 Å². The Morgan fingerprint density at radius 3 is 2.12 bits per heavy atom. The average Bonchev–Trinajstić information content (AvgIpc) is 2.94. The zero-order valence-corrected chi connectivity index (χ0v) is 25.1. The lowest BCUT2D eigenvalue weighted by Crippen LogP contribution is -2.51.